The molecule has 10 heteroatoms. The van der Waals surface area contributed by atoms with E-state index in [9.17, 15) is 22.4 Å². The minimum atomic E-state index is -4.26. The number of sulfonamides is 1. The normalized spacial score (nSPS) is 12.5. The highest BCUT2D eigenvalue weighted by Gasteiger charge is 2.33. The second-order valence-corrected chi connectivity index (χ2v) is 12.6. The van der Waals surface area contributed by atoms with Crippen molar-refractivity contribution in [1.82, 2.24) is 10.2 Å². The molecule has 0 saturated heterocycles. The summed E-state index contributed by atoms with van der Waals surface area (Å²) >= 11 is 5.98. The van der Waals surface area contributed by atoms with Gasteiger partial charge < -0.3 is 10.2 Å². The van der Waals surface area contributed by atoms with Gasteiger partial charge in [0.05, 0.1) is 15.6 Å². The molecule has 1 atom stereocenters. The van der Waals surface area contributed by atoms with Crippen molar-refractivity contribution in [2.24, 2.45) is 0 Å². The quantitative estimate of drug-likeness (QED) is 0.376. The van der Waals surface area contributed by atoms with Crippen LogP contribution >= 0.6 is 11.6 Å². The summed E-state index contributed by atoms with van der Waals surface area (Å²) in [4.78, 5) is 28.3. The average Bonchev–Trinajstić information content (AvgIpc) is 2.86. The highest BCUT2D eigenvalue weighted by molar-refractivity contribution is 7.92. The number of rotatable bonds is 9. The van der Waals surface area contributed by atoms with Crippen LogP contribution in [0.3, 0.4) is 0 Å². The summed E-state index contributed by atoms with van der Waals surface area (Å²) in [6.45, 7) is 8.43. The summed E-state index contributed by atoms with van der Waals surface area (Å²) in [6.07, 6.45) is 0. The Balaban J connectivity index is 2.05. The van der Waals surface area contributed by atoms with Crippen molar-refractivity contribution in [1.29, 1.82) is 0 Å². The Morgan fingerprint density at radius 2 is 1.67 bits per heavy atom. The molecule has 0 spiro atoms. The van der Waals surface area contributed by atoms with E-state index in [-0.39, 0.29) is 28.1 Å². The number of aryl methyl sites for hydroxylation is 1. The molecule has 0 saturated carbocycles. The Morgan fingerprint density at radius 1 is 1.00 bits per heavy atom. The van der Waals surface area contributed by atoms with Crippen molar-refractivity contribution in [3.05, 3.63) is 94.8 Å². The van der Waals surface area contributed by atoms with Crippen molar-refractivity contribution >= 4 is 39.1 Å². The van der Waals surface area contributed by atoms with Crippen molar-refractivity contribution in [2.75, 3.05) is 10.8 Å². The molecule has 0 bridgehead atoms. The van der Waals surface area contributed by atoms with Crippen molar-refractivity contribution < 1.29 is 22.4 Å². The molecule has 0 heterocycles. The molecule has 2 amide bonds. The van der Waals surface area contributed by atoms with E-state index in [1.807, 2.05) is 52.0 Å². The molecule has 0 aromatic heterocycles. The summed E-state index contributed by atoms with van der Waals surface area (Å²) in [6, 6.07) is 17.6. The number of hydrogen-bond acceptors (Lipinski definition) is 4. The third-order valence-corrected chi connectivity index (χ3v) is 7.98. The molecule has 3 aromatic carbocycles. The molecule has 0 aliphatic carbocycles. The SMILES string of the molecule is Cc1cccc(CN(C(=O)CN(c2ccc(F)c(Cl)c2)S(=O)(=O)c2ccccc2)[C@@H](C)C(=O)NC(C)(C)C)c1. The predicted octanol–water partition coefficient (Wildman–Crippen LogP) is 5.31. The molecule has 7 nitrogen and oxygen atoms in total. The second-order valence-electron chi connectivity index (χ2n) is 10.3. The van der Waals surface area contributed by atoms with Crippen LogP contribution in [0.15, 0.2) is 77.7 Å². The Bertz CT molecular complexity index is 1440. The molecule has 3 rings (SSSR count). The fraction of sp³-hybridized carbons (Fsp3) is 0.310. The standard InChI is InChI=1S/C29H33ClFN3O4S/c1-20-10-9-11-22(16-20)18-33(21(2)28(36)32-29(3,4)5)27(35)19-34(23-14-15-26(31)25(30)17-23)39(37,38)24-12-7-6-8-13-24/h6-17,21H,18-19H2,1-5H3,(H,32,36)/t21-/m0/s1. The fourth-order valence-corrected chi connectivity index (χ4v) is 5.55. The van der Waals surface area contributed by atoms with Gasteiger partial charge >= 0.3 is 0 Å². The molecule has 0 aliphatic rings. The zero-order valence-corrected chi connectivity index (χ0v) is 24.2. The first-order valence-electron chi connectivity index (χ1n) is 12.4. The van der Waals surface area contributed by atoms with E-state index >= 15 is 0 Å². The van der Waals surface area contributed by atoms with Crippen LogP contribution in [0.25, 0.3) is 0 Å². The number of amides is 2. The summed E-state index contributed by atoms with van der Waals surface area (Å²) in [5.74, 6) is -1.73. The Hall–Kier alpha value is -3.43. The highest BCUT2D eigenvalue weighted by Crippen LogP contribution is 2.28. The van der Waals surface area contributed by atoms with Gasteiger partial charge in [0, 0.05) is 12.1 Å². The monoisotopic (exact) mass is 573 g/mol. The number of carbonyl (C=O) groups is 2. The topological polar surface area (TPSA) is 86.8 Å². The van der Waals surface area contributed by atoms with Crippen LogP contribution in [-0.2, 0) is 26.2 Å². The Morgan fingerprint density at radius 3 is 2.26 bits per heavy atom. The van der Waals surface area contributed by atoms with Gasteiger partial charge in [-0.25, -0.2) is 12.8 Å². The van der Waals surface area contributed by atoms with Crippen molar-refractivity contribution in [2.45, 2.75) is 57.6 Å². The van der Waals surface area contributed by atoms with Crippen LogP contribution in [0.2, 0.25) is 5.02 Å². The van der Waals surface area contributed by atoms with Gasteiger partial charge in [-0.2, -0.15) is 0 Å². The van der Waals surface area contributed by atoms with Gasteiger partial charge in [0.15, 0.2) is 0 Å². The van der Waals surface area contributed by atoms with Gasteiger partial charge in [-0.15, -0.1) is 0 Å². The van der Waals surface area contributed by atoms with Crippen molar-refractivity contribution in [3.63, 3.8) is 0 Å². The van der Waals surface area contributed by atoms with E-state index in [0.717, 1.165) is 27.6 Å². The Labute approximate surface area is 234 Å². The third kappa shape index (κ3) is 7.80. The largest absolute Gasteiger partial charge is 0.350 e. The fourth-order valence-electron chi connectivity index (χ4n) is 3.95. The van der Waals surface area contributed by atoms with E-state index in [2.05, 4.69) is 5.32 Å². The molecule has 3 aromatic rings. The second kappa shape index (κ2) is 12.2. The van der Waals surface area contributed by atoms with E-state index in [1.54, 1.807) is 25.1 Å². The van der Waals surface area contributed by atoms with Gasteiger partial charge in [-0.3, -0.25) is 13.9 Å². The average molecular weight is 574 g/mol. The number of anilines is 1. The first kappa shape index (κ1) is 30.1. The lowest BCUT2D eigenvalue weighted by molar-refractivity contribution is -0.140. The summed E-state index contributed by atoms with van der Waals surface area (Å²) in [5, 5.41) is 2.59. The molecule has 0 radical (unpaired) electrons. The number of nitrogens with zero attached hydrogens (tertiary/aromatic N) is 2. The van der Waals surface area contributed by atoms with Gasteiger partial charge in [-0.05, 0) is 70.5 Å². The minimum absolute atomic E-state index is 0.0147. The van der Waals surface area contributed by atoms with Crippen LogP contribution in [0.4, 0.5) is 10.1 Å². The molecule has 0 fully saturated rings. The lowest BCUT2D eigenvalue weighted by Gasteiger charge is -2.33. The number of benzene rings is 3. The maximum Gasteiger partial charge on any atom is 0.264 e. The third-order valence-electron chi connectivity index (χ3n) is 5.90. The molecule has 39 heavy (non-hydrogen) atoms. The maximum atomic E-state index is 14.0. The zero-order chi connectivity index (χ0) is 29.0. The maximum absolute atomic E-state index is 14.0. The van der Waals surface area contributed by atoms with E-state index in [0.29, 0.717) is 0 Å². The molecule has 1 N–H and O–H groups in total. The lowest BCUT2D eigenvalue weighted by Crippen LogP contribution is -2.54. The van der Waals surface area contributed by atoms with Gasteiger partial charge in [0.2, 0.25) is 11.8 Å². The van der Waals surface area contributed by atoms with E-state index in [4.69, 9.17) is 11.6 Å². The van der Waals surface area contributed by atoms with Crippen LogP contribution in [0.1, 0.15) is 38.8 Å². The molecule has 0 aliphatic heterocycles. The molecule has 208 valence electrons. The number of carbonyl (C=O) groups excluding carboxylic acids is 2. The smallest absolute Gasteiger partial charge is 0.264 e. The van der Waals surface area contributed by atoms with E-state index in [1.165, 1.54) is 23.1 Å². The van der Waals surface area contributed by atoms with Crippen LogP contribution < -0.4 is 9.62 Å². The van der Waals surface area contributed by atoms with Crippen molar-refractivity contribution in [3.8, 4) is 0 Å². The van der Waals surface area contributed by atoms with Crippen LogP contribution in [0, 0.1) is 12.7 Å². The molecular formula is C29H33ClFN3O4S. The number of nitrogens with one attached hydrogen (secondary N) is 1. The molecule has 0 unspecified atom stereocenters. The first-order valence-corrected chi connectivity index (χ1v) is 14.2. The van der Waals surface area contributed by atoms with Crippen LogP contribution in [0.5, 0.6) is 0 Å². The predicted molar refractivity (Wildman–Crippen MR) is 151 cm³/mol. The number of halogens is 2. The lowest BCUT2D eigenvalue weighted by atomic mass is 10.1. The summed E-state index contributed by atoms with van der Waals surface area (Å²) < 4.78 is 42.3. The minimum Gasteiger partial charge on any atom is -0.350 e. The van der Waals surface area contributed by atoms with Gasteiger partial charge in [0.25, 0.3) is 10.0 Å². The summed E-state index contributed by atoms with van der Waals surface area (Å²) in [5.41, 5.74) is 1.22. The van der Waals surface area contributed by atoms with Crippen LogP contribution in [-0.4, -0.2) is 43.3 Å². The van der Waals surface area contributed by atoms with Gasteiger partial charge in [-0.1, -0.05) is 59.6 Å². The van der Waals surface area contributed by atoms with E-state index < -0.39 is 39.9 Å². The molecular weight excluding hydrogens is 541 g/mol. The number of hydrogen-bond donors (Lipinski definition) is 1. The Kier molecular flexibility index (Phi) is 9.40. The zero-order valence-electron chi connectivity index (χ0n) is 22.6. The first-order chi connectivity index (χ1) is 18.2. The highest BCUT2D eigenvalue weighted by atomic mass is 35.5. The summed E-state index contributed by atoms with van der Waals surface area (Å²) in [7, 11) is -4.26. The van der Waals surface area contributed by atoms with Gasteiger partial charge in [0.1, 0.15) is 18.4 Å².